The second-order valence-electron chi connectivity index (χ2n) is 2.78. The van der Waals surface area contributed by atoms with Gasteiger partial charge in [0.25, 0.3) is 0 Å². The predicted octanol–water partition coefficient (Wildman–Crippen LogP) is -0.196. The van der Waals surface area contributed by atoms with E-state index in [1.165, 1.54) is 0 Å². The highest BCUT2D eigenvalue weighted by Gasteiger charge is 2.21. The maximum Gasteiger partial charge on any atom is 0.0635 e. The lowest BCUT2D eigenvalue weighted by atomic mass is 10.1. The van der Waals surface area contributed by atoms with Gasteiger partial charge in [0, 0.05) is 32.1 Å². The van der Waals surface area contributed by atoms with Crippen LogP contribution in [0.3, 0.4) is 0 Å². The Morgan fingerprint density at radius 3 is 2.90 bits per heavy atom. The number of rotatable bonds is 3. The molecule has 0 bridgehead atoms. The summed E-state index contributed by atoms with van der Waals surface area (Å²) in [5.41, 5.74) is 0. The van der Waals surface area contributed by atoms with E-state index in [1.54, 1.807) is 0 Å². The molecule has 1 saturated heterocycles. The molecule has 3 heteroatoms. The summed E-state index contributed by atoms with van der Waals surface area (Å²) in [5.74, 6) is 0. The van der Waals surface area contributed by atoms with Gasteiger partial charge in [-0.25, -0.2) is 0 Å². The third-order valence-electron chi connectivity index (χ3n) is 1.73. The van der Waals surface area contributed by atoms with Crippen LogP contribution in [-0.2, 0) is 0 Å². The fraction of sp³-hybridized carbons (Fsp3) is 0.857. The number of likely N-dealkylation sites (tertiary alicyclic amines) is 1. The second-order valence-corrected chi connectivity index (χ2v) is 2.78. The molecular formula is C7H13N3. The number of nitrogens with one attached hydrogen (secondary N) is 1. The molecule has 0 aromatic carbocycles. The van der Waals surface area contributed by atoms with Crippen molar-refractivity contribution in [2.45, 2.75) is 12.5 Å². The first-order valence-electron chi connectivity index (χ1n) is 3.62. The van der Waals surface area contributed by atoms with Crippen molar-refractivity contribution in [1.82, 2.24) is 10.2 Å². The van der Waals surface area contributed by atoms with E-state index in [2.05, 4.69) is 23.3 Å². The summed E-state index contributed by atoms with van der Waals surface area (Å²) in [5, 5.41) is 11.5. The van der Waals surface area contributed by atoms with E-state index in [1.807, 2.05) is 0 Å². The van der Waals surface area contributed by atoms with Crippen LogP contribution in [0.2, 0.25) is 0 Å². The van der Waals surface area contributed by atoms with Gasteiger partial charge >= 0.3 is 0 Å². The molecular weight excluding hydrogens is 126 g/mol. The molecule has 0 spiro atoms. The van der Waals surface area contributed by atoms with E-state index >= 15 is 0 Å². The van der Waals surface area contributed by atoms with Gasteiger partial charge < -0.3 is 10.2 Å². The third-order valence-corrected chi connectivity index (χ3v) is 1.73. The van der Waals surface area contributed by atoms with E-state index < -0.39 is 0 Å². The molecule has 1 aliphatic rings. The van der Waals surface area contributed by atoms with E-state index in [-0.39, 0.29) is 0 Å². The average molecular weight is 139 g/mol. The summed E-state index contributed by atoms with van der Waals surface area (Å²) in [6.07, 6.45) is 0.625. The summed E-state index contributed by atoms with van der Waals surface area (Å²) in [7, 11) is 2.10. The molecule has 0 aromatic heterocycles. The number of nitriles is 1. The van der Waals surface area contributed by atoms with Crippen LogP contribution in [0.1, 0.15) is 6.42 Å². The fourth-order valence-electron chi connectivity index (χ4n) is 1.16. The standard InChI is InChI=1S/C7H13N3/c1-10-5-7(6-10)9-4-2-3-8/h7,9H,2,4-6H2,1H3. The quantitative estimate of drug-likeness (QED) is 0.550. The molecule has 1 heterocycles. The highest BCUT2D eigenvalue weighted by Crippen LogP contribution is 2.02. The van der Waals surface area contributed by atoms with Crippen molar-refractivity contribution in [2.75, 3.05) is 26.7 Å². The molecule has 1 aliphatic heterocycles. The zero-order valence-electron chi connectivity index (χ0n) is 6.30. The van der Waals surface area contributed by atoms with Crippen LogP contribution in [0, 0.1) is 11.3 Å². The Bertz CT molecular complexity index is 132. The topological polar surface area (TPSA) is 39.1 Å². The van der Waals surface area contributed by atoms with E-state index in [0.29, 0.717) is 12.5 Å². The van der Waals surface area contributed by atoms with Crippen LogP contribution < -0.4 is 5.32 Å². The summed E-state index contributed by atoms with van der Waals surface area (Å²) in [6.45, 7) is 3.10. The lowest BCUT2D eigenvalue weighted by Gasteiger charge is -2.36. The molecule has 0 atom stereocenters. The van der Waals surface area contributed by atoms with Crippen LogP contribution in [-0.4, -0.2) is 37.6 Å². The van der Waals surface area contributed by atoms with Gasteiger partial charge in [0.05, 0.1) is 6.07 Å². The van der Waals surface area contributed by atoms with Crippen molar-refractivity contribution in [3.05, 3.63) is 0 Å². The molecule has 0 unspecified atom stereocenters. The molecule has 1 fully saturated rings. The van der Waals surface area contributed by atoms with Crippen LogP contribution in [0.15, 0.2) is 0 Å². The summed E-state index contributed by atoms with van der Waals surface area (Å²) >= 11 is 0. The molecule has 1 N–H and O–H groups in total. The average Bonchev–Trinajstić information content (AvgIpc) is 1.85. The van der Waals surface area contributed by atoms with Crippen molar-refractivity contribution >= 4 is 0 Å². The Hall–Kier alpha value is -0.590. The SMILES string of the molecule is CN1CC(NCCC#N)C1. The second kappa shape index (κ2) is 3.55. The van der Waals surface area contributed by atoms with E-state index in [9.17, 15) is 0 Å². The Labute approximate surface area is 61.6 Å². The van der Waals surface area contributed by atoms with Crippen LogP contribution in [0.5, 0.6) is 0 Å². The van der Waals surface area contributed by atoms with Gasteiger partial charge in [-0.2, -0.15) is 5.26 Å². The highest BCUT2D eigenvalue weighted by molar-refractivity contribution is 4.84. The van der Waals surface area contributed by atoms with Gasteiger partial charge in [-0.1, -0.05) is 0 Å². The lowest BCUT2D eigenvalue weighted by molar-refractivity contribution is 0.163. The van der Waals surface area contributed by atoms with Gasteiger partial charge in [0.2, 0.25) is 0 Å². The van der Waals surface area contributed by atoms with Crippen LogP contribution in [0.4, 0.5) is 0 Å². The van der Waals surface area contributed by atoms with Gasteiger partial charge in [0.15, 0.2) is 0 Å². The Kier molecular flexibility index (Phi) is 2.67. The number of nitrogens with zero attached hydrogens (tertiary/aromatic N) is 2. The number of likely N-dealkylation sites (N-methyl/N-ethyl adjacent to an activating group) is 1. The van der Waals surface area contributed by atoms with Crippen molar-refractivity contribution in [3.63, 3.8) is 0 Å². The van der Waals surface area contributed by atoms with E-state index in [0.717, 1.165) is 19.6 Å². The van der Waals surface area contributed by atoms with Crippen molar-refractivity contribution in [1.29, 1.82) is 5.26 Å². The largest absolute Gasteiger partial charge is 0.310 e. The number of hydrogen-bond donors (Lipinski definition) is 1. The summed E-state index contributed by atoms with van der Waals surface area (Å²) in [6, 6.07) is 2.74. The van der Waals surface area contributed by atoms with Crippen molar-refractivity contribution < 1.29 is 0 Å². The molecule has 0 amide bonds. The van der Waals surface area contributed by atoms with E-state index in [4.69, 9.17) is 5.26 Å². The van der Waals surface area contributed by atoms with Gasteiger partial charge in [0.1, 0.15) is 0 Å². The highest BCUT2D eigenvalue weighted by atomic mass is 15.2. The Balaban J connectivity index is 1.91. The smallest absolute Gasteiger partial charge is 0.0635 e. The minimum absolute atomic E-state index is 0.625. The van der Waals surface area contributed by atoms with Crippen molar-refractivity contribution in [2.24, 2.45) is 0 Å². The monoisotopic (exact) mass is 139 g/mol. The third kappa shape index (κ3) is 1.98. The normalized spacial score (nSPS) is 20.0. The van der Waals surface area contributed by atoms with Gasteiger partial charge in [-0.3, -0.25) is 0 Å². The molecule has 0 radical (unpaired) electrons. The minimum Gasteiger partial charge on any atom is -0.310 e. The summed E-state index contributed by atoms with van der Waals surface area (Å²) in [4.78, 5) is 2.25. The molecule has 1 rings (SSSR count). The summed E-state index contributed by atoms with van der Waals surface area (Å²) < 4.78 is 0. The maximum absolute atomic E-state index is 8.22. The molecule has 3 nitrogen and oxygen atoms in total. The molecule has 0 saturated carbocycles. The lowest BCUT2D eigenvalue weighted by Crippen LogP contribution is -2.56. The first-order chi connectivity index (χ1) is 4.83. The van der Waals surface area contributed by atoms with Crippen LogP contribution >= 0.6 is 0 Å². The maximum atomic E-state index is 8.22. The Morgan fingerprint density at radius 2 is 2.40 bits per heavy atom. The zero-order valence-corrected chi connectivity index (χ0v) is 6.30. The van der Waals surface area contributed by atoms with Gasteiger partial charge in [-0.05, 0) is 7.05 Å². The molecule has 56 valence electrons. The molecule has 0 aromatic rings. The first kappa shape index (κ1) is 7.52. The minimum atomic E-state index is 0.625. The van der Waals surface area contributed by atoms with Crippen LogP contribution in [0.25, 0.3) is 0 Å². The Morgan fingerprint density at radius 1 is 1.70 bits per heavy atom. The van der Waals surface area contributed by atoms with Crippen molar-refractivity contribution in [3.8, 4) is 6.07 Å². The first-order valence-corrected chi connectivity index (χ1v) is 3.62. The zero-order chi connectivity index (χ0) is 7.40. The fourth-order valence-corrected chi connectivity index (χ4v) is 1.16. The van der Waals surface area contributed by atoms with Gasteiger partial charge in [-0.15, -0.1) is 0 Å². The molecule has 0 aliphatic carbocycles. The number of hydrogen-bond acceptors (Lipinski definition) is 3. The predicted molar refractivity (Wildman–Crippen MR) is 39.5 cm³/mol. The molecule has 10 heavy (non-hydrogen) atoms.